The molecule has 0 radical (unpaired) electrons. The molecule has 0 bridgehead atoms. The van der Waals surface area contributed by atoms with Crippen LogP contribution in [0.1, 0.15) is 12.5 Å². The van der Waals surface area contributed by atoms with Crippen LogP contribution in [-0.2, 0) is 0 Å². The lowest BCUT2D eigenvalue weighted by Crippen LogP contribution is -1.86. The summed E-state index contributed by atoms with van der Waals surface area (Å²) in [6.45, 7) is 4.35. The molecular weight excluding hydrogens is 292 g/mol. The number of hydrogen-bond acceptors (Lipinski definition) is 1. The van der Waals surface area contributed by atoms with Gasteiger partial charge in [0, 0.05) is 9.37 Å². The van der Waals surface area contributed by atoms with Gasteiger partial charge in [-0.2, -0.15) is 0 Å². The SMILES string of the molecule is CCSc1cc(Br)ccc1-c1ccccc1C. The number of aryl methyl sites for hydroxylation is 1. The number of rotatable bonds is 3. The van der Waals surface area contributed by atoms with Crippen molar-refractivity contribution in [2.24, 2.45) is 0 Å². The molecule has 0 amide bonds. The van der Waals surface area contributed by atoms with E-state index in [9.17, 15) is 0 Å². The first-order valence-electron chi connectivity index (χ1n) is 5.70. The maximum Gasteiger partial charge on any atom is 0.0186 e. The second-order valence-corrected chi connectivity index (χ2v) is 6.11. The van der Waals surface area contributed by atoms with Crippen molar-refractivity contribution in [3.05, 3.63) is 52.5 Å². The van der Waals surface area contributed by atoms with Crippen molar-refractivity contribution in [3.63, 3.8) is 0 Å². The van der Waals surface area contributed by atoms with E-state index in [2.05, 4.69) is 72.2 Å². The molecule has 0 aliphatic rings. The zero-order valence-electron chi connectivity index (χ0n) is 10.0. The Morgan fingerprint density at radius 3 is 2.53 bits per heavy atom. The first-order valence-corrected chi connectivity index (χ1v) is 7.48. The highest BCUT2D eigenvalue weighted by Gasteiger charge is 2.07. The monoisotopic (exact) mass is 306 g/mol. The molecule has 88 valence electrons. The highest BCUT2D eigenvalue weighted by atomic mass is 79.9. The largest absolute Gasteiger partial charge is 0.126 e. The first kappa shape index (κ1) is 12.7. The standard InChI is InChI=1S/C15H15BrS/c1-3-17-15-10-12(16)8-9-14(15)13-7-5-4-6-11(13)2/h4-10H,3H2,1-2H3. The minimum atomic E-state index is 1.09. The topological polar surface area (TPSA) is 0 Å². The maximum absolute atomic E-state index is 3.54. The minimum absolute atomic E-state index is 1.09. The zero-order chi connectivity index (χ0) is 12.3. The molecule has 2 rings (SSSR count). The van der Waals surface area contributed by atoms with Gasteiger partial charge in [0.15, 0.2) is 0 Å². The predicted molar refractivity (Wildman–Crippen MR) is 80.7 cm³/mol. The minimum Gasteiger partial charge on any atom is -0.126 e. The summed E-state index contributed by atoms with van der Waals surface area (Å²) in [6.07, 6.45) is 0. The molecule has 0 nitrogen and oxygen atoms in total. The van der Waals surface area contributed by atoms with Crippen LogP contribution in [0.5, 0.6) is 0 Å². The fraction of sp³-hybridized carbons (Fsp3) is 0.200. The molecular formula is C15H15BrS. The molecule has 17 heavy (non-hydrogen) atoms. The van der Waals surface area contributed by atoms with Gasteiger partial charge in [0.1, 0.15) is 0 Å². The van der Waals surface area contributed by atoms with Crippen LogP contribution in [0.4, 0.5) is 0 Å². The van der Waals surface area contributed by atoms with Crippen LogP contribution in [-0.4, -0.2) is 5.75 Å². The summed E-state index contributed by atoms with van der Waals surface area (Å²) in [5, 5.41) is 0. The summed E-state index contributed by atoms with van der Waals surface area (Å²) in [5.74, 6) is 1.09. The van der Waals surface area contributed by atoms with Crippen LogP contribution in [0.3, 0.4) is 0 Å². The van der Waals surface area contributed by atoms with E-state index in [4.69, 9.17) is 0 Å². The van der Waals surface area contributed by atoms with Gasteiger partial charge in [-0.15, -0.1) is 11.8 Å². The third-order valence-corrected chi connectivity index (χ3v) is 4.11. The second-order valence-electron chi connectivity index (χ2n) is 3.89. The Hall–Kier alpha value is -0.730. The molecule has 2 heteroatoms. The Labute approximate surface area is 116 Å². The Balaban J connectivity index is 2.55. The maximum atomic E-state index is 3.54. The van der Waals surface area contributed by atoms with Crippen molar-refractivity contribution in [1.82, 2.24) is 0 Å². The van der Waals surface area contributed by atoms with E-state index < -0.39 is 0 Å². The summed E-state index contributed by atoms with van der Waals surface area (Å²) in [5.41, 5.74) is 3.99. The van der Waals surface area contributed by atoms with Gasteiger partial charge in [-0.3, -0.25) is 0 Å². The van der Waals surface area contributed by atoms with Crippen molar-refractivity contribution >= 4 is 27.7 Å². The fourth-order valence-corrected chi connectivity index (χ4v) is 3.24. The van der Waals surface area contributed by atoms with Gasteiger partial charge in [0.25, 0.3) is 0 Å². The van der Waals surface area contributed by atoms with Gasteiger partial charge < -0.3 is 0 Å². The third kappa shape index (κ3) is 2.93. The molecule has 0 aliphatic carbocycles. The molecule has 0 unspecified atom stereocenters. The van der Waals surface area contributed by atoms with Gasteiger partial charge in [-0.25, -0.2) is 0 Å². The van der Waals surface area contributed by atoms with Crippen LogP contribution in [0.2, 0.25) is 0 Å². The number of hydrogen-bond donors (Lipinski definition) is 0. The highest BCUT2D eigenvalue weighted by Crippen LogP contribution is 2.35. The summed E-state index contributed by atoms with van der Waals surface area (Å²) in [7, 11) is 0. The van der Waals surface area contributed by atoms with E-state index in [0.29, 0.717) is 0 Å². The van der Waals surface area contributed by atoms with Gasteiger partial charge >= 0.3 is 0 Å². The molecule has 0 saturated carbocycles. The quantitative estimate of drug-likeness (QED) is 0.671. The van der Waals surface area contributed by atoms with Gasteiger partial charge in [-0.05, 0) is 41.5 Å². The molecule has 0 aromatic heterocycles. The molecule has 0 heterocycles. The van der Waals surface area contributed by atoms with E-state index in [0.717, 1.165) is 10.2 Å². The van der Waals surface area contributed by atoms with E-state index in [1.807, 2.05) is 11.8 Å². The summed E-state index contributed by atoms with van der Waals surface area (Å²) < 4.78 is 1.14. The van der Waals surface area contributed by atoms with E-state index in [1.54, 1.807) is 0 Å². The normalized spacial score (nSPS) is 10.5. The van der Waals surface area contributed by atoms with Gasteiger partial charge in [0.2, 0.25) is 0 Å². The zero-order valence-corrected chi connectivity index (χ0v) is 12.4. The second kappa shape index (κ2) is 5.74. The molecule has 0 aliphatic heterocycles. The van der Waals surface area contributed by atoms with Crippen LogP contribution >= 0.6 is 27.7 Å². The van der Waals surface area contributed by atoms with Gasteiger partial charge in [0.05, 0.1) is 0 Å². The summed E-state index contributed by atoms with van der Waals surface area (Å²) in [6, 6.07) is 15.1. The number of benzene rings is 2. The predicted octanol–water partition coefficient (Wildman–Crippen LogP) is 5.54. The van der Waals surface area contributed by atoms with E-state index >= 15 is 0 Å². The van der Waals surface area contributed by atoms with Crippen molar-refractivity contribution in [2.45, 2.75) is 18.7 Å². The molecule has 0 spiro atoms. The smallest absolute Gasteiger partial charge is 0.0186 e. The fourth-order valence-electron chi connectivity index (χ4n) is 1.87. The average molecular weight is 307 g/mol. The first-order chi connectivity index (χ1) is 8.22. The lowest BCUT2D eigenvalue weighted by molar-refractivity contribution is 1.37. The van der Waals surface area contributed by atoms with E-state index in [-0.39, 0.29) is 0 Å². The van der Waals surface area contributed by atoms with Crippen LogP contribution < -0.4 is 0 Å². The van der Waals surface area contributed by atoms with Crippen molar-refractivity contribution < 1.29 is 0 Å². The highest BCUT2D eigenvalue weighted by molar-refractivity contribution is 9.10. The Morgan fingerprint density at radius 2 is 1.82 bits per heavy atom. The van der Waals surface area contributed by atoms with Crippen molar-refractivity contribution in [1.29, 1.82) is 0 Å². The molecule has 0 fully saturated rings. The van der Waals surface area contributed by atoms with E-state index in [1.165, 1.54) is 21.6 Å². The number of halogens is 1. The molecule has 0 saturated heterocycles. The molecule has 2 aromatic rings. The van der Waals surface area contributed by atoms with Crippen molar-refractivity contribution in [2.75, 3.05) is 5.75 Å². The van der Waals surface area contributed by atoms with Crippen molar-refractivity contribution in [3.8, 4) is 11.1 Å². The Bertz CT molecular complexity index is 520. The summed E-state index contributed by atoms with van der Waals surface area (Å²) >= 11 is 5.43. The lowest BCUT2D eigenvalue weighted by atomic mass is 10.0. The van der Waals surface area contributed by atoms with Crippen LogP contribution in [0, 0.1) is 6.92 Å². The van der Waals surface area contributed by atoms with Gasteiger partial charge in [-0.1, -0.05) is 53.2 Å². The lowest BCUT2D eigenvalue weighted by Gasteiger charge is -2.11. The Morgan fingerprint density at radius 1 is 1.06 bits per heavy atom. The molecule has 2 aromatic carbocycles. The summed E-state index contributed by atoms with van der Waals surface area (Å²) in [4.78, 5) is 1.34. The van der Waals surface area contributed by atoms with Crippen LogP contribution in [0.25, 0.3) is 11.1 Å². The molecule has 0 N–H and O–H groups in total. The third-order valence-electron chi connectivity index (χ3n) is 2.68. The molecule has 0 atom stereocenters. The Kier molecular flexibility index (Phi) is 4.30. The van der Waals surface area contributed by atoms with Crippen LogP contribution in [0.15, 0.2) is 51.8 Å². The average Bonchev–Trinajstić information content (AvgIpc) is 2.31. The number of thioether (sulfide) groups is 1.